The summed E-state index contributed by atoms with van der Waals surface area (Å²) in [5, 5.41) is 9.08. The van der Waals surface area contributed by atoms with Crippen LogP contribution >= 0.6 is 0 Å². The molecule has 0 aromatic carbocycles. The van der Waals surface area contributed by atoms with E-state index in [1.54, 1.807) is 18.5 Å². The fourth-order valence-corrected chi connectivity index (χ4v) is 3.07. The Labute approximate surface area is 108 Å². The van der Waals surface area contributed by atoms with E-state index in [9.17, 15) is 8.42 Å². The molecule has 18 heavy (non-hydrogen) atoms. The molecule has 0 spiro atoms. The summed E-state index contributed by atoms with van der Waals surface area (Å²) in [6.45, 7) is 1.91. The number of methoxy groups -OCH3 is 1. The van der Waals surface area contributed by atoms with Gasteiger partial charge in [-0.3, -0.25) is 0 Å². The number of hydrogen-bond donors (Lipinski definition) is 1. The number of nitrogens with zero attached hydrogens (tertiary/aromatic N) is 2. The summed E-state index contributed by atoms with van der Waals surface area (Å²) in [6.07, 6.45) is 1.50. The lowest BCUT2D eigenvalue weighted by atomic mass is 10.4. The predicted octanol–water partition coefficient (Wildman–Crippen LogP) is 0.173. The molecular formula is C11H20N2O4S. The molecule has 1 heterocycles. The zero-order valence-corrected chi connectivity index (χ0v) is 11.9. The van der Waals surface area contributed by atoms with Crippen LogP contribution in [-0.2, 0) is 28.4 Å². The second-order valence-corrected chi connectivity index (χ2v) is 6.26. The molecule has 1 N–H and O–H groups in total. The molecule has 0 radical (unpaired) electrons. The molecule has 104 valence electrons. The number of aromatic nitrogens is 1. The van der Waals surface area contributed by atoms with Gasteiger partial charge in [-0.05, 0) is 13.0 Å². The lowest BCUT2D eigenvalue weighted by Crippen LogP contribution is -2.37. The maximum atomic E-state index is 12.3. The highest BCUT2D eigenvalue weighted by molar-refractivity contribution is 7.89. The molecule has 1 atom stereocenters. The van der Waals surface area contributed by atoms with Crippen molar-refractivity contribution in [2.24, 2.45) is 7.05 Å². The van der Waals surface area contributed by atoms with Gasteiger partial charge in [-0.2, -0.15) is 4.31 Å². The number of sulfonamides is 1. The highest BCUT2D eigenvalue weighted by Crippen LogP contribution is 2.19. The van der Waals surface area contributed by atoms with Crippen molar-refractivity contribution in [1.29, 1.82) is 0 Å². The largest absolute Gasteiger partial charge is 0.390 e. The maximum absolute atomic E-state index is 12.3. The van der Waals surface area contributed by atoms with Crippen LogP contribution in [0.1, 0.15) is 12.6 Å². The minimum absolute atomic E-state index is 0.180. The number of ether oxygens (including phenoxy) is 1. The summed E-state index contributed by atoms with van der Waals surface area (Å²) in [6, 6.07) is 1.23. The van der Waals surface area contributed by atoms with Crippen LogP contribution in [0.15, 0.2) is 17.2 Å². The van der Waals surface area contributed by atoms with E-state index < -0.39 is 10.0 Å². The van der Waals surface area contributed by atoms with Crippen molar-refractivity contribution in [1.82, 2.24) is 8.87 Å². The Morgan fingerprint density at radius 3 is 2.61 bits per heavy atom. The molecule has 0 fully saturated rings. The lowest BCUT2D eigenvalue weighted by molar-refractivity contribution is 0.149. The molecule has 0 aliphatic carbocycles. The van der Waals surface area contributed by atoms with Gasteiger partial charge in [-0.25, -0.2) is 8.42 Å². The van der Waals surface area contributed by atoms with Gasteiger partial charge >= 0.3 is 0 Å². The highest BCUT2D eigenvalue weighted by Gasteiger charge is 2.26. The first-order chi connectivity index (χ1) is 8.34. The fraction of sp³-hybridized carbons (Fsp3) is 0.636. The highest BCUT2D eigenvalue weighted by atomic mass is 32.2. The van der Waals surface area contributed by atoms with Gasteiger partial charge in [0.1, 0.15) is 4.90 Å². The smallest absolute Gasteiger partial charge is 0.244 e. The van der Waals surface area contributed by atoms with Gasteiger partial charge in [0, 0.05) is 39.1 Å². The average molecular weight is 276 g/mol. The van der Waals surface area contributed by atoms with Gasteiger partial charge in [0.25, 0.3) is 0 Å². The van der Waals surface area contributed by atoms with Crippen LogP contribution in [0.3, 0.4) is 0 Å². The second-order valence-electron chi connectivity index (χ2n) is 4.26. The van der Waals surface area contributed by atoms with E-state index in [0.29, 0.717) is 12.3 Å². The van der Waals surface area contributed by atoms with Crippen LogP contribution in [-0.4, -0.2) is 49.2 Å². The third kappa shape index (κ3) is 2.92. The first kappa shape index (κ1) is 15.2. The number of aliphatic hydroxyl groups is 1. The van der Waals surface area contributed by atoms with Gasteiger partial charge in [-0.1, -0.05) is 0 Å². The van der Waals surface area contributed by atoms with Gasteiger partial charge in [0.05, 0.1) is 13.2 Å². The number of hydrogen-bond acceptors (Lipinski definition) is 4. The summed E-state index contributed by atoms with van der Waals surface area (Å²) in [5.41, 5.74) is 0.557. The molecule has 0 saturated carbocycles. The van der Waals surface area contributed by atoms with E-state index in [-0.39, 0.29) is 17.5 Å². The van der Waals surface area contributed by atoms with E-state index in [1.807, 2.05) is 0 Å². The molecule has 7 heteroatoms. The first-order valence-electron chi connectivity index (χ1n) is 5.57. The Morgan fingerprint density at radius 2 is 2.17 bits per heavy atom. The molecular weight excluding hydrogens is 256 g/mol. The van der Waals surface area contributed by atoms with Crippen molar-refractivity contribution < 1.29 is 18.3 Å². The third-order valence-corrected chi connectivity index (χ3v) is 4.89. The van der Waals surface area contributed by atoms with Crippen molar-refractivity contribution >= 4 is 10.0 Å². The van der Waals surface area contributed by atoms with Gasteiger partial charge < -0.3 is 14.4 Å². The molecule has 0 amide bonds. The molecule has 0 saturated heterocycles. The van der Waals surface area contributed by atoms with Crippen LogP contribution < -0.4 is 0 Å². The van der Waals surface area contributed by atoms with Crippen molar-refractivity contribution in [3.05, 3.63) is 18.0 Å². The van der Waals surface area contributed by atoms with Crippen LogP contribution in [0, 0.1) is 0 Å². The van der Waals surface area contributed by atoms with Crippen LogP contribution in [0.4, 0.5) is 0 Å². The summed E-state index contributed by atoms with van der Waals surface area (Å²) in [5.74, 6) is 0. The van der Waals surface area contributed by atoms with Gasteiger partial charge in [0.2, 0.25) is 10.0 Å². The topological polar surface area (TPSA) is 71.8 Å². The second kappa shape index (κ2) is 5.83. The molecule has 0 aliphatic rings. The normalized spacial score (nSPS) is 14.1. The monoisotopic (exact) mass is 276 g/mol. The van der Waals surface area contributed by atoms with E-state index >= 15 is 0 Å². The maximum Gasteiger partial charge on any atom is 0.244 e. The quantitative estimate of drug-likeness (QED) is 0.804. The van der Waals surface area contributed by atoms with E-state index in [1.165, 1.54) is 30.7 Å². The molecule has 0 aliphatic heterocycles. The third-order valence-electron chi connectivity index (χ3n) is 2.95. The van der Waals surface area contributed by atoms with Crippen LogP contribution in [0.5, 0.6) is 0 Å². The van der Waals surface area contributed by atoms with Gasteiger partial charge in [-0.15, -0.1) is 0 Å². The fourth-order valence-electron chi connectivity index (χ4n) is 1.62. The van der Waals surface area contributed by atoms with Crippen molar-refractivity contribution in [3.8, 4) is 0 Å². The molecule has 1 aromatic heterocycles. The minimum atomic E-state index is -3.55. The Morgan fingerprint density at radius 1 is 1.56 bits per heavy atom. The number of aryl methyl sites for hydroxylation is 1. The number of aliphatic hydroxyl groups excluding tert-OH is 1. The van der Waals surface area contributed by atoms with Crippen molar-refractivity contribution in [2.75, 3.05) is 20.8 Å². The predicted molar refractivity (Wildman–Crippen MR) is 67.6 cm³/mol. The zero-order valence-electron chi connectivity index (χ0n) is 11.1. The molecule has 1 unspecified atom stereocenters. The summed E-state index contributed by atoms with van der Waals surface area (Å²) < 4.78 is 32.4. The lowest BCUT2D eigenvalue weighted by Gasteiger charge is -2.22. The number of likely N-dealkylation sites (N-methyl/N-ethyl adjacent to an activating group) is 1. The van der Waals surface area contributed by atoms with Crippen molar-refractivity contribution in [2.45, 2.75) is 24.5 Å². The van der Waals surface area contributed by atoms with E-state index in [0.717, 1.165) is 0 Å². The average Bonchev–Trinajstić information content (AvgIpc) is 2.70. The Balaban J connectivity index is 3.05. The molecule has 0 bridgehead atoms. The molecule has 6 nitrogen and oxygen atoms in total. The standard InChI is InChI=1S/C11H20N2O4S/c1-9(8-17-4)13(3)18(15,16)11-5-10(7-14)12(2)6-11/h5-6,9,14H,7-8H2,1-4H3. The summed E-state index contributed by atoms with van der Waals surface area (Å²) in [4.78, 5) is 0.180. The summed E-state index contributed by atoms with van der Waals surface area (Å²) >= 11 is 0. The van der Waals surface area contributed by atoms with Crippen LogP contribution in [0.2, 0.25) is 0 Å². The Hall–Kier alpha value is -0.890. The minimum Gasteiger partial charge on any atom is -0.390 e. The van der Waals surface area contributed by atoms with Gasteiger partial charge in [0.15, 0.2) is 0 Å². The Bertz CT molecular complexity index is 495. The number of rotatable bonds is 6. The summed E-state index contributed by atoms with van der Waals surface area (Å²) in [7, 11) is 1.20. The van der Waals surface area contributed by atoms with Crippen molar-refractivity contribution in [3.63, 3.8) is 0 Å². The first-order valence-corrected chi connectivity index (χ1v) is 7.01. The Kier molecular flexibility index (Phi) is 4.92. The zero-order chi connectivity index (χ0) is 13.9. The van der Waals surface area contributed by atoms with E-state index in [2.05, 4.69) is 0 Å². The van der Waals surface area contributed by atoms with E-state index in [4.69, 9.17) is 9.84 Å². The molecule has 1 aromatic rings. The molecule has 1 rings (SSSR count). The SMILES string of the molecule is COCC(C)N(C)S(=O)(=O)c1cc(CO)n(C)c1. The van der Waals surface area contributed by atoms with Crippen LogP contribution in [0.25, 0.3) is 0 Å².